The molecule has 1 N–H and O–H groups in total. The van der Waals surface area contributed by atoms with E-state index >= 15 is 0 Å². The first-order chi connectivity index (χ1) is 8.20. The molecular weight excluding hydrogens is 257 g/mol. The highest BCUT2D eigenvalue weighted by Gasteiger charge is 2.11. The highest BCUT2D eigenvalue weighted by atomic mass is 32.2. The second-order valence-corrected chi connectivity index (χ2v) is 5.91. The summed E-state index contributed by atoms with van der Waals surface area (Å²) in [6, 6.07) is 5.09. The summed E-state index contributed by atoms with van der Waals surface area (Å²) in [5.41, 5.74) is 0.674. The number of hydrogen-bond acceptors (Lipinski definition) is 5. The van der Waals surface area contributed by atoms with Gasteiger partial charge in [0.2, 0.25) is 0 Å². The van der Waals surface area contributed by atoms with Crippen molar-refractivity contribution in [2.24, 2.45) is 0 Å². The lowest BCUT2D eigenvalue weighted by Gasteiger charge is -2.07. The molecule has 2 rings (SSSR count). The Kier molecular flexibility index (Phi) is 4.09. The van der Waals surface area contributed by atoms with Gasteiger partial charge in [0.25, 0.3) is 0 Å². The molecule has 3 nitrogen and oxygen atoms in total. The normalized spacial score (nSPS) is 10.8. The zero-order chi connectivity index (χ0) is 12.3. The molecule has 0 saturated carbocycles. The van der Waals surface area contributed by atoms with E-state index in [0.717, 1.165) is 14.2 Å². The van der Waals surface area contributed by atoms with Crippen LogP contribution in [0.1, 0.15) is 10.6 Å². The van der Waals surface area contributed by atoms with Crippen LogP contribution in [-0.4, -0.2) is 17.2 Å². The van der Waals surface area contributed by atoms with E-state index < -0.39 is 0 Å². The summed E-state index contributed by atoms with van der Waals surface area (Å²) < 4.78 is 14.5. The van der Waals surface area contributed by atoms with Crippen molar-refractivity contribution in [2.45, 2.75) is 22.7 Å². The van der Waals surface area contributed by atoms with Crippen LogP contribution in [0.4, 0.5) is 4.39 Å². The van der Waals surface area contributed by atoms with E-state index in [1.165, 1.54) is 29.2 Å². The van der Waals surface area contributed by atoms with E-state index in [-0.39, 0.29) is 5.82 Å². The number of rotatable bonds is 4. The first-order valence-corrected chi connectivity index (χ1v) is 6.74. The van der Waals surface area contributed by atoms with E-state index in [0.29, 0.717) is 12.1 Å². The molecule has 0 bridgehead atoms. The number of aryl methyl sites for hydroxylation is 1. The topological polar surface area (TPSA) is 37.8 Å². The summed E-state index contributed by atoms with van der Waals surface area (Å²) in [6.07, 6.45) is 0. The number of nitrogens with zero attached hydrogens (tertiary/aromatic N) is 2. The molecule has 2 aromatic rings. The Labute approximate surface area is 107 Å². The van der Waals surface area contributed by atoms with Crippen LogP contribution in [0.25, 0.3) is 0 Å². The van der Waals surface area contributed by atoms with Gasteiger partial charge in [0.15, 0.2) is 4.34 Å². The summed E-state index contributed by atoms with van der Waals surface area (Å²) in [7, 11) is 1.80. The van der Waals surface area contributed by atoms with Crippen molar-refractivity contribution in [1.29, 1.82) is 0 Å². The molecule has 0 unspecified atom stereocenters. The average molecular weight is 269 g/mol. The van der Waals surface area contributed by atoms with Crippen molar-refractivity contribution >= 4 is 23.1 Å². The van der Waals surface area contributed by atoms with Crippen LogP contribution in [0.5, 0.6) is 0 Å². The lowest BCUT2D eigenvalue weighted by Crippen LogP contribution is -2.08. The Balaban J connectivity index is 2.28. The van der Waals surface area contributed by atoms with Crippen molar-refractivity contribution in [3.63, 3.8) is 0 Å². The molecule has 6 heteroatoms. The Morgan fingerprint density at radius 2 is 2.24 bits per heavy atom. The van der Waals surface area contributed by atoms with Gasteiger partial charge in [-0.3, -0.25) is 0 Å². The van der Waals surface area contributed by atoms with Gasteiger partial charge in [-0.1, -0.05) is 29.2 Å². The molecule has 17 heavy (non-hydrogen) atoms. The highest BCUT2D eigenvalue weighted by molar-refractivity contribution is 8.01. The van der Waals surface area contributed by atoms with E-state index in [4.69, 9.17) is 0 Å². The third-order valence-electron chi connectivity index (χ3n) is 2.13. The quantitative estimate of drug-likeness (QED) is 0.926. The second kappa shape index (κ2) is 5.57. The van der Waals surface area contributed by atoms with E-state index in [2.05, 4.69) is 15.5 Å². The predicted molar refractivity (Wildman–Crippen MR) is 67.9 cm³/mol. The molecule has 0 spiro atoms. The first kappa shape index (κ1) is 12.5. The standard InChI is InChI=1S/C11H12FN3S2/c1-7-14-15-11(16-7)17-10-5-3-4-9(12)8(10)6-13-2/h3-5,13H,6H2,1-2H3. The molecule has 1 heterocycles. The highest BCUT2D eigenvalue weighted by Crippen LogP contribution is 2.33. The SMILES string of the molecule is CNCc1c(F)cccc1Sc1nnc(C)s1. The Hall–Kier alpha value is -0.980. The fraction of sp³-hybridized carbons (Fsp3) is 0.273. The Bertz CT molecular complexity index is 513. The Morgan fingerprint density at radius 3 is 2.88 bits per heavy atom. The molecule has 0 aliphatic carbocycles. The predicted octanol–water partition coefficient (Wildman–Crippen LogP) is 2.86. The average Bonchev–Trinajstić information content (AvgIpc) is 2.69. The van der Waals surface area contributed by atoms with Crippen LogP contribution < -0.4 is 5.32 Å². The zero-order valence-electron chi connectivity index (χ0n) is 9.53. The van der Waals surface area contributed by atoms with Crippen LogP contribution in [0.3, 0.4) is 0 Å². The number of aromatic nitrogens is 2. The van der Waals surface area contributed by atoms with E-state index in [9.17, 15) is 4.39 Å². The minimum atomic E-state index is -0.189. The van der Waals surface area contributed by atoms with Crippen LogP contribution in [0.15, 0.2) is 27.4 Å². The molecule has 0 fully saturated rings. The van der Waals surface area contributed by atoms with Gasteiger partial charge in [0.1, 0.15) is 10.8 Å². The van der Waals surface area contributed by atoms with Crippen LogP contribution in [0.2, 0.25) is 0 Å². The molecule has 0 saturated heterocycles. The summed E-state index contributed by atoms with van der Waals surface area (Å²) in [6.45, 7) is 2.41. The van der Waals surface area contributed by atoms with E-state index in [1.807, 2.05) is 13.0 Å². The van der Waals surface area contributed by atoms with E-state index in [1.54, 1.807) is 13.1 Å². The summed E-state index contributed by atoms with van der Waals surface area (Å²) >= 11 is 2.97. The maximum Gasteiger partial charge on any atom is 0.179 e. The van der Waals surface area contributed by atoms with Crippen molar-refractivity contribution < 1.29 is 4.39 Å². The third kappa shape index (κ3) is 3.02. The van der Waals surface area contributed by atoms with Gasteiger partial charge in [-0.05, 0) is 26.1 Å². The molecule has 90 valence electrons. The molecule has 0 aliphatic heterocycles. The fourth-order valence-corrected chi connectivity index (χ4v) is 3.32. The smallest absolute Gasteiger partial charge is 0.179 e. The number of benzene rings is 1. The van der Waals surface area contributed by atoms with Gasteiger partial charge < -0.3 is 5.32 Å². The second-order valence-electron chi connectivity index (χ2n) is 3.44. The number of hydrogen-bond donors (Lipinski definition) is 1. The van der Waals surface area contributed by atoms with Crippen molar-refractivity contribution in [3.05, 3.63) is 34.6 Å². The molecule has 0 aliphatic rings. The maximum atomic E-state index is 13.7. The van der Waals surface area contributed by atoms with Gasteiger partial charge in [0, 0.05) is 17.0 Å². The lowest BCUT2D eigenvalue weighted by molar-refractivity contribution is 0.594. The third-order valence-corrected chi connectivity index (χ3v) is 4.13. The minimum Gasteiger partial charge on any atom is -0.316 e. The molecule has 1 aromatic carbocycles. The Morgan fingerprint density at radius 1 is 1.41 bits per heavy atom. The number of nitrogens with one attached hydrogen (secondary N) is 1. The molecule has 0 radical (unpaired) electrons. The summed E-state index contributed by atoms with van der Waals surface area (Å²) in [5.74, 6) is -0.189. The summed E-state index contributed by atoms with van der Waals surface area (Å²) in [5, 5.41) is 11.9. The minimum absolute atomic E-state index is 0.189. The fourth-order valence-electron chi connectivity index (χ4n) is 1.40. The molecule has 0 amide bonds. The zero-order valence-corrected chi connectivity index (χ0v) is 11.2. The lowest BCUT2D eigenvalue weighted by atomic mass is 10.2. The van der Waals surface area contributed by atoms with Crippen LogP contribution in [-0.2, 0) is 6.54 Å². The van der Waals surface area contributed by atoms with Gasteiger partial charge in [-0.25, -0.2) is 4.39 Å². The first-order valence-electron chi connectivity index (χ1n) is 5.10. The maximum absolute atomic E-state index is 13.7. The van der Waals surface area contributed by atoms with Gasteiger partial charge >= 0.3 is 0 Å². The largest absolute Gasteiger partial charge is 0.316 e. The summed E-state index contributed by atoms with van der Waals surface area (Å²) in [4.78, 5) is 0.885. The van der Waals surface area contributed by atoms with Gasteiger partial charge in [-0.15, -0.1) is 10.2 Å². The van der Waals surface area contributed by atoms with Crippen molar-refractivity contribution in [1.82, 2.24) is 15.5 Å². The number of halogens is 1. The van der Waals surface area contributed by atoms with Crippen molar-refractivity contribution in [3.8, 4) is 0 Å². The molecule has 0 atom stereocenters. The molecule has 1 aromatic heterocycles. The van der Waals surface area contributed by atoms with Gasteiger partial charge in [-0.2, -0.15) is 0 Å². The van der Waals surface area contributed by atoms with Crippen molar-refractivity contribution in [2.75, 3.05) is 7.05 Å². The van der Waals surface area contributed by atoms with Crippen LogP contribution >= 0.6 is 23.1 Å². The van der Waals surface area contributed by atoms with Crippen LogP contribution in [0, 0.1) is 12.7 Å². The van der Waals surface area contributed by atoms with Gasteiger partial charge in [0.05, 0.1) is 0 Å². The monoisotopic (exact) mass is 269 g/mol. The molecular formula is C11H12FN3S2.